The number of aliphatic imine (C=N–C) groups is 1. The summed E-state index contributed by atoms with van der Waals surface area (Å²) in [6, 6.07) is 15.2. The van der Waals surface area contributed by atoms with Gasteiger partial charge in [-0.15, -0.1) is 0 Å². The molecular weight excluding hydrogens is 474 g/mol. The minimum absolute atomic E-state index is 0.0898. The molecule has 1 aliphatic rings. The van der Waals surface area contributed by atoms with Gasteiger partial charge in [0.25, 0.3) is 5.91 Å². The van der Waals surface area contributed by atoms with Crippen LogP contribution >= 0.6 is 11.8 Å². The van der Waals surface area contributed by atoms with E-state index >= 15 is 0 Å². The van der Waals surface area contributed by atoms with E-state index in [0.717, 1.165) is 28.1 Å². The summed E-state index contributed by atoms with van der Waals surface area (Å²) in [4.78, 5) is 32.4. The summed E-state index contributed by atoms with van der Waals surface area (Å²) < 4.78 is 6.96. The van der Waals surface area contributed by atoms with Gasteiger partial charge in [-0.1, -0.05) is 30.0 Å². The Hall–Kier alpha value is -3.85. The number of anilines is 2. The number of carbonyl (C=O) groups is 2. The SMILES string of the molecule is COc1ccc(/C=C2\N=C(SCC(=O)Nc3ccnn3C(C)C)N(c3cc(C)cc(C)c3)C2=O)cc1. The number of aromatic nitrogens is 2. The number of amides is 2. The van der Waals surface area contributed by atoms with Gasteiger partial charge in [-0.2, -0.15) is 5.10 Å². The lowest BCUT2D eigenvalue weighted by atomic mass is 10.1. The second-order valence-electron chi connectivity index (χ2n) is 8.78. The highest BCUT2D eigenvalue weighted by molar-refractivity contribution is 8.14. The largest absolute Gasteiger partial charge is 0.497 e. The second-order valence-corrected chi connectivity index (χ2v) is 9.72. The van der Waals surface area contributed by atoms with Crippen LogP contribution in [-0.4, -0.2) is 39.6 Å². The van der Waals surface area contributed by atoms with E-state index in [4.69, 9.17) is 4.74 Å². The zero-order valence-corrected chi connectivity index (χ0v) is 21.8. The number of ether oxygens (including phenoxy) is 1. The minimum atomic E-state index is -0.239. The third kappa shape index (κ3) is 5.68. The normalized spacial score (nSPS) is 14.5. The van der Waals surface area contributed by atoms with Gasteiger partial charge >= 0.3 is 0 Å². The Morgan fingerprint density at radius 3 is 2.44 bits per heavy atom. The van der Waals surface area contributed by atoms with Crippen molar-refractivity contribution in [3.8, 4) is 5.75 Å². The molecule has 9 heteroatoms. The van der Waals surface area contributed by atoms with Crippen LogP contribution in [0.25, 0.3) is 6.08 Å². The maximum atomic E-state index is 13.5. The molecule has 0 unspecified atom stereocenters. The number of carbonyl (C=O) groups excluding carboxylic acids is 2. The van der Waals surface area contributed by atoms with Crippen molar-refractivity contribution in [2.45, 2.75) is 33.7 Å². The molecule has 1 aliphatic heterocycles. The lowest BCUT2D eigenvalue weighted by Crippen LogP contribution is -2.31. The first-order chi connectivity index (χ1) is 17.2. The predicted octanol–water partition coefficient (Wildman–Crippen LogP) is 5.21. The summed E-state index contributed by atoms with van der Waals surface area (Å²) in [5.41, 5.74) is 3.93. The monoisotopic (exact) mass is 503 g/mol. The molecule has 2 aromatic carbocycles. The zero-order chi connectivity index (χ0) is 25.8. The smallest absolute Gasteiger partial charge is 0.283 e. The van der Waals surface area contributed by atoms with Gasteiger partial charge in [-0.25, -0.2) is 9.67 Å². The molecule has 4 rings (SSSR count). The van der Waals surface area contributed by atoms with Crippen molar-refractivity contribution in [2.24, 2.45) is 4.99 Å². The lowest BCUT2D eigenvalue weighted by molar-refractivity contribution is -0.114. The van der Waals surface area contributed by atoms with Gasteiger partial charge in [-0.05, 0) is 74.7 Å². The molecule has 2 heterocycles. The molecule has 0 aliphatic carbocycles. The molecule has 0 radical (unpaired) electrons. The second kappa shape index (κ2) is 10.8. The van der Waals surface area contributed by atoms with Gasteiger partial charge in [0.2, 0.25) is 5.91 Å². The Labute approximate surface area is 215 Å². The van der Waals surface area contributed by atoms with Crippen LogP contribution in [0.2, 0.25) is 0 Å². The van der Waals surface area contributed by atoms with Gasteiger partial charge in [0.05, 0.1) is 24.7 Å². The van der Waals surface area contributed by atoms with Gasteiger partial charge in [0.1, 0.15) is 17.3 Å². The summed E-state index contributed by atoms with van der Waals surface area (Å²) in [7, 11) is 1.61. The molecule has 0 fully saturated rings. The lowest BCUT2D eigenvalue weighted by Gasteiger charge is -2.19. The van der Waals surface area contributed by atoms with Gasteiger partial charge in [0, 0.05) is 12.1 Å². The van der Waals surface area contributed by atoms with Crippen LogP contribution in [-0.2, 0) is 9.59 Å². The van der Waals surface area contributed by atoms with Crippen LogP contribution < -0.4 is 15.0 Å². The average molecular weight is 504 g/mol. The number of aryl methyl sites for hydroxylation is 2. The van der Waals surface area contributed by atoms with Crippen LogP contribution in [0.15, 0.2) is 65.4 Å². The van der Waals surface area contributed by atoms with E-state index in [1.165, 1.54) is 11.8 Å². The van der Waals surface area contributed by atoms with Gasteiger partial charge in [0.15, 0.2) is 5.17 Å². The van der Waals surface area contributed by atoms with Crippen molar-refractivity contribution in [1.29, 1.82) is 0 Å². The molecule has 0 bridgehead atoms. The highest BCUT2D eigenvalue weighted by Crippen LogP contribution is 2.31. The van der Waals surface area contributed by atoms with E-state index in [1.807, 2.05) is 70.2 Å². The molecule has 0 atom stereocenters. The molecule has 0 saturated heterocycles. The predicted molar refractivity (Wildman–Crippen MR) is 146 cm³/mol. The molecule has 3 aromatic rings. The number of amidine groups is 1. The van der Waals surface area contributed by atoms with Crippen LogP contribution in [0, 0.1) is 13.8 Å². The van der Waals surface area contributed by atoms with Crippen molar-refractivity contribution in [2.75, 3.05) is 23.1 Å². The summed E-state index contributed by atoms with van der Waals surface area (Å²) in [6.45, 7) is 7.96. The van der Waals surface area contributed by atoms with Gasteiger partial charge < -0.3 is 10.1 Å². The molecule has 186 valence electrons. The Kier molecular flexibility index (Phi) is 7.59. The maximum Gasteiger partial charge on any atom is 0.283 e. The highest BCUT2D eigenvalue weighted by Gasteiger charge is 2.32. The number of benzene rings is 2. The number of nitrogens with one attached hydrogen (secondary N) is 1. The Balaban J connectivity index is 1.59. The Bertz CT molecular complexity index is 1320. The number of hydrogen-bond acceptors (Lipinski definition) is 6. The molecule has 1 N–H and O–H groups in total. The molecule has 8 nitrogen and oxygen atoms in total. The Morgan fingerprint density at radius 1 is 1.11 bits per heavy atom. The zero-order valence-electron chi connectivity index (χ0n) is 21.0. The van der Waals surface area contributed by atoms with Crippen LogP contribution in [0.4, 0.5) is 11.5 Å². The van der Waals surface area contributed by atoms with Crippen molar-refractivity contribution in [3.05, 3.63) is 77.1 Å². The number of methoxy groups -OCH3 is 1. The number of rotatable bonds is 7. The van der Waals surface area contributed by atoms with Crippen LogP contribution in [0.3, 0.4) is 0 Å². The molecule has 2 amide bonds. The van der Waals surface area contributed by atoms with Crippen molar-refractivity contribution in [1.82, 2.24) is 9.78 Å². The van der Waals surface area contributed by atoms with Crippen molar-refractivity contribution >= 4 is 46.3 Å². The number of thioether (sulfide) groups is 1. The third-order valence-electron chi connectivity index (χ3n) is 5.47. The number of hydrogen-bond donors (Lipinski definition) is 1. The van der Waals surface area contributed by atoms with E-state index < -0.39 is 0 Å². The fourth-order valence-corrected chi connectivity index (χ4v) is 4.71. The minimum Gasteiger partial charge on any atom is -0.497 e. The summed E-state index contributed by atoms with van der Waals surface area (Å²) in [6.07, 6.45) is 3.40. The van der Waals surface area contributed by atoms with Gasteiger partial charge in [-0.3, -0.25) is 14.5 Å². The van der Waals surface area contributed by atoms with E-state index in [9.17, 15) is 9.59 Å². The number of nitrogens with zero attached hydrogens (tertiary/aromatic N) is 4. The molecule has 1 aromatic heterocycles. The summed E-state index contributed by atoms with van der Waals surface area (Å²) >= 11 is 1.22. The quantitative estimate of drug-likeness (QED) is 0.448. The molecular formula is C27H29N5O3S. The summed E-state index contributed by atoms with van der Waals surface area (Å²) in [5, 5.41) is 7.60. The average Bonchev–Trinajstić information content (AvgIpc) is 3.42. The Morgan fingerprint density at radius 2 is 1.81 bits per heavy atom. The fraction of sp³-hybridized carbons (Fsp3) is 0.259. The first-order valence-corrected chi connectivity index (χ1v) is 12.6. The van der Waals surface area contributed by atoms with E-state index in [-0.39, 0.29) is 23.6 Å². The van der Waals surface area contributed by atoms with E-state index in [0.29, 0.717) is 16.7 Å². The molecule has 0 spiro atoms. The fourth-order valence-electron chi connectivity index (χ4n) is 3.89. The topological polar surface area (TPSA) is 88.8 Å². The van der Waals surface area contributed by atoms with Crippen molar-refractivity contribution in [3.63, 3.8) is 0 Å². The van der Waals surface area contributed by atoms with Crippen molar-refractivity contribution < 1.29 is 14.3 Å². The maximum absolute atomic E-state index is 13.5. The van der Waals surface area contributed by atoms with E-state index in [1.54, 1.807) is 35.0 Å². The van der Waals surface area contributed by atoms with E-state index in [2.05, 4.69) is 15.4 Å². The van der Waals surface area contributed by atoms with Crippen LogP contribution in [0.5, 0.6) is 5.75 Å². The third-order valence-corrected chi connectivity index (χ3v) is 6.41. The molecule has 36 heavy (non-hydrogen) atoms. The summed E-state index contributed by atoms with van der Waals surface area (Å²) in [5.74, 6) is 1.01. The molecule has 0 saturated carbocycles. The first-order valence-electron chi connectivity index (χ1n) is 11.6. The highest BCUT2D eigenvalue weighted by atomic mass is 32.2. The first kappa shape index (κ1) is 25.2. The standard InChI is InChI=1S/C27H29N5O3S/c1-17(2)32-24(10-11-28-32)30-25(33)16-36-27-29-23(15-20-6-8-22(35-5)9-7-20)26(34)31(27)21-13-18(3)12-19(4)14-21/h6-15,17H,16H2,1-5H3,(H,30,33)/b23-15-. The van der Waals surface area contributed by atoms with Crippen LogP contribution in [0.1, 0.15) is 36.6 Å².